The maximum atomic E-state index is 2.53. The first kappa shape index (κ1) is 35.2. The number of hydrogen-bond donors (Lipinski definition) is 0. The largest absolute Gasteiger partial charge is 0.310 e. The molecule has 0 radical (unpaired) electrons. The van der Waals surface area contributed by atoms with E-state index in [9.17, 15) is 0 Å². The molecule has 1 nitrogen and oxygen atoms in total. The van der Waals surface area contributed by atoms with Gasteiger partial charge in [-0.25, -0.2) is 0 Å². The fourth-order valence-electron chi connectivity index (χ4n) is 11.8. The topological polar surface area (TPSA) is 3.24 Å². The van der Waals surface area contributed by atoms with Gasteiger partial charge >= 0.3 is 0 Å². The first-order chi connectivity index (χ1) is 29.7. The smallest absolute Gasteiger partial charge is 0.0735 e. The summed E-state index contributed by atoms with van der Waals surface area (Å²) in [7, 11) is 0. The van der Waals surface area contributed by atoms with Gasteiger partial charge in [0.25, 0.3) is 0 Å². The Bertz CT molecular complexity index is 3210. The first-order valence-corrected chi connectivity index (χ1v) is 22.4. The van der Waals surface area contributed by atoms with Gasteiger partial charge in [-0.3, -0.25) is 0 Å². The maximum Gasteiger partial charge on any atom is 0.0735 e. The standard InChI is InChI=1S/C59H43NS/c1-57(2)47-21-11-7-17-41(47)45-28-25-38(33-52(45)57)60(39-26-29-46-42-18-8-12-22-48(42)58(3,4)53(46)34-39)40-27-30-51-56(35-40)61-55-32-37-16-6-5-15-36(37)31-54(55)59(51)49-23-13-9-19-43(49)44-20-10-14-24-50(44)59/h5-35H,1-4H3. The van der Waals surface area contributed by atoms with Crippen molar-refractivity contribution in [2.24, 2.45) is 0 Å². The highest BCUT2D eigenvalue weighted by Crippen LogP contribution is 2.63. The van der Waals surface area contributed by atoms with Crippen molar-refractivity contribution < 1.29 is 0 Å². The van der Waals surface area contributed by atoms with Gasteiger partial charge in [-0.05, 0) is 137 Å². The van der Waals surface area contributed by atoms with E-state index in [-0.39, 0.29) is 10.8 Å². The fourth-order valence-corrected chi connectivity index (χ4v) is 13.1. The summed E-state index contributed by atoms with van der Waals surface area (Å²) < 4.78 is 0. The molecule has 0 saturated carbocycles. The van der Waals surface area contributed by atoms with Crippen molar-refractivity contribution in [3.8, 4) is 33.4 Å². The van der Waals surface area contributed by atoms with E-state index < -0.39 is 5.41 Å². The molecule has 0 fully saturated rings. The Kier molecular flexibility index (Phi) is 7.06. The second-order valence-electron chi connectivity index (χ2n) is 18.5. The molecule has 13 rings (SSSR count). The highest BCUT2D eigenvalue weighted by Gasteiger charge is 2.50. The lowest BCUT2D eigenvalue weighted by molar-refractivity contribution is 0.660. The highest BCUT2D eigenvalue weighted by atomic mass is 32.2. The van der Waals surface area contributed by atoms with Crippen LogP contribution in [0.15, 0.2) is 198 Å². The first-order valence-electron chi connectivity index (χ1n) is 21.6. The van der Waals surface area contributed by atoms with Crippen LogP contribution < -0.4 is 4.90 Å². The molecule has 0 unspecified atom stereocenters. The van der Waals surface area contributed by atoms with Crippen LogP contribution in [-0.4, -0.2) is 0 Å². The van der Waals surface area contributed by atoms with Crippen LogP contribution in [0.1, 0.15) is 72.2 Å². The van der Waals surface area contributed by atoms with Gasteiger partial charge in [0.2, 0.25) is 0 Å². The van der Waals surface area contributed by atoms with Crippen molar-refractivity contribution >= 4 is 39.6 Å². The zero-order valence-electron chi connectivity index (χ0n) is 34.8. The van der Waals surface area contributed by atoms with Crippen LogP contribution in [-0.2, 0) is 16.2 Å². The van der Waals surface area contributed by atoms with E-state index in [4.69, 9.17) is 0 Å². The summed E-state index contributed by atoms with van der Waals surface area (Å²) >= 11 is 1.93. The summed E-state index contributed by atoms with van der Waals surface area (Å²) in [5.74, 6) is 0. The Labute approximate surface area is 362 Å². The van der Waals surface area contributed by atoms with Gasteiger partial charge in [-0.2, -0.15) is 0 Å². The minimum absolute atomic E-state index is 0.122. The van der Waals surface area contributed by atoms with Crippen molar-refractivity contribution in [3.63, 3.8) is 0 Å². The Morgan fingerprint density at radius 1 is 0.311 bits per heavy atom. The van der Waals surface area contributed by atoms with Crippen LogP contribution in [0.2, 0.25) is 0 Å². The minimum atomic E-state index is -0.455. The molecule has 9 aromatic rings. The third-order valence-electron chi connectivity index (χ3n) is 14.7. The summed E-state index contributed by atoms with van der Waals surface area (Å²) in [5, 5.41) is 2.55. The highest BCUT2D eigenvalue weighted by molar-refractivity contribution is 7.99. The van der Waals surface area contributed by atoms with E-state index in [0.717, 1.165) is 5.69 Å². The SMILES string of the molecule is CC1(C)c2ccccc2-c2ccc(N(c3ccc4c(c3)Sc3cc5ccccc5cc3C43c4ccccc4-c4ccccc43)c3ccc4c(c3)C(C)(C)c3ccccc3-4)cc21. The lowest BCUT2D eigenvalue weighted by atomic mass is 9.67. The Morgan fingerprint density at radius 2 is 0.705 bits per heavy atom. The predicted molar refractivity (Wildman–Crippen MR) is 255 cm³/mol. The van der Waals surface area contributed by atoms with Gasteiger partial charge in [-0.1, -0.05) is 179 Å². The van der Waals surface area contributed by atoms with Crippen LogP contribution in [0.5, 0.6) is 0 Å². The van der Waals surface area contributed by atoms with Crippen molar-refractivity contribution in [3.05, 3.63) is 233 Å². The van der Waals surface area contributed by atoms with Crippen molar-refractivity contribution in [1.29, 1.82) is 0 Å². The molecule has 1 heterocycles. The molecule has 0 bridgehead atoms. The summed E-state index contributed by atoms with van der Waals surface area (Å²) in [4.78, 5) is 5.13. The lowest BCUT2D eigenvalue weighted by Crippen LogP contribution is -2.32. The fraction of sp³-hybridized carbons (Fsp3) is 0.119. The van der Waals surface area contributed by atoms with Gasteiger partial charge in [-0.15, -0.1) is 0 Å². The number of hydrogen-bond acceptors (Lipinski definition) is 2. The summed E-state index contributed by atoms with van der Waals surface area (Å²) in [6.07, 6.45) is 0. The van der Waals surface area contributed by atoms with Gasteiger partial charge in [0.05, 0.1) is 5.41 Å². The molecule has 0 N–H and O–H groups in total. The summed E-state index contributed by atoms with van der Waals surface area (Å²) in [5.41, 5.74) is 21.8. The molecule has 2 heteroatoms. The van der Waals surface area contributed by atoms with Crippen LogP contribution >= 0.6 is 11.8 Å². The molecule has 0 aromatic heterocycles. The van der Waals surface area contributed by atoms with Gasteiger partial charge in [0.15, 0.2) is 0 Å². The van der Waals surface area contributed by atoms with Crippen LogP contribution in [0.25, 0.3) is 44.2 Å². The second kappa shape index (κ2) is 12.2. The average molecular weight is 798 g/mol. The third-order valence-corrected chi connectivity index (χ3v) is 15.8. The lowest BCUT2D eigenvalue weighted by Gasteiger charge is -2.40. The van der Waals surface area contributed by atoms with E-state index in [1.54, 1.807) is 0 Å². The molecule has 0 amide bonds. The molecule has 4 aliphatic rings. The number of fused-ring (bicyclic) bond motifs is 16. The molecule has 290 valence electrons. The zero-order valence-corrected chi connectivity index (χ0v) is 35.6. The van der Waals surface area contributed by atoms with Gasteiger partial charge in [0.1, 0.15) is 0 Å². The van der Waals surface area contributed by atoms with E-state index in [2.05, 4.69) is 221 Å². The number of anilines is 3. The van der Waals surface area contributed by atoms with Crippen molar-refractivity contribution in [2.45, 2.75) is 53.7 Å². The number of benzene rings is 9. The monoisotopic (exact) mass is 797 g/mol. The van der Waals surface area contributed by atoms with E-state index >= 15 is 0 Å². The average Bonchev–Trinajstić information content (AvgIpc) is 3.81. The molecule has 1 spiro atoms. The van der Waals surface area contributed by atoms with Crippen LogP contribution in [0, 0.1) is 0 Å². The molecule has 0 atom stereocenters. The molecule has 9 aromatic carbocycles. The second-order valence-corrected chi connectivity index (χ2v) is 19.5. The normalized spacial score (nSPS) is 15.9. The summed E-state index contributed by atoms with van der Waals surface area (Å²) in [6.45, 7) is 9.53. The molecule has 3 aliphatic carbocycles. The minimum Gasteiger partial charge on any atom is -0.310 e. The maximum absolute atomic E-state index is 2.53. The Balaban J connectivity index is 1.06. The predicted octanol–water partition coefficient (Wildman–Crippen LogP) is 15.7. The number of nitrogens with zero attached hydrogens (tertiary/aromatic N) is 1. The Morgan fingerprint density at radius 3 is 1.25 bits per heavy atom. The number of rotatable bonds is 3. The van der Waals surface area contributed by atoms with Gasteiger partial charge < -0.3 is 4.90 Å². The Hall–Kier alpha value is -6.61. The third kappa shape index (κ3) is 4.58. The van der Waals surface area contributed by atoms with Crippen molar-refractivity contribution in [1.82, 2.24) is 0 Å². The quantitative estimate of drug-likeness (QED) is 0.175. The van der Waals surface area contributed by atoms with Crippen molar-refractivity contribution in [2.75, 3.05) is 4.90 Å². The van der Waals surface area contributed by atoms with E-state index in [1.807, 2.05) is 11.8 Å². The molecular weight excluding hydrogens is 755 g/mol. The summed E-state index contributed by atoms with van der Waals surface area (Å²) in [6, 6.07) is 71.7. The van der Waals surface area contributed by atoms with E-state index in [0.29, 0.717) is 0 Å². The van der Waals surface area contributed by atoms with Crippen LogP contribution in [0.3, 0.4) is 0 Å². The molecular formula is C59H43NS. The van der Waals surface area contributed by atoms with Gasteiger partial charge in [0, 0.05) is 37.7 Å². The van der Waals surface area contributed by atoms with E-state index in [1.165, 1.54) is 110 Å². The zero-order chi connectivity index (χ0) is 40.8. The van der Waals surface area contributed by atoms with Crippen LogP contribution in [0.4, 0.5) is 17.1 Å². The molecule has 0 saturated heterocycles. The molecule has 1 aliphatic heterocycles. The molecule has 61 heavy (non-hydrogen) atoms.